The molecule has 9 heteroatoms. The number of benzene rings is 1. The Morgan fingerprint density at radius 1 is 1.23 bits per heavy atom. The van der Waals surface area contributed by atoms with Gasteiger partial charge in [0.2, 0.25) is 0 Å². The van der Waals surface area contributed by atoms with Crippen molar-refractivity contribution in [3.05, 3.63) is 29.3 Å². The average molecular weight is 376 g/mol. The van der Waals surface area contributed by atoms with Gasteiger partial charge in [0, 0.05) is 20.1 Å². The van der Waals surface area contributed by atoms with Crippen LogP contribution in [0.25, 0.3) is 0 Å². The van der Waals surface area contributed by atoms with E-state index in [0.717, 1.165) is 11.0 Å². The Morgan fingerprint density at radius 3 is 2.35 bits per heavy atom. The van der Waals surface area contributed by atoms with Crippen molar-refractivity contribution >= 4 is 12.0 Å². The Hall–Kier alpha value is -2.45. The SMILES string of the molecule is CN(CCC(=O)O)C(=O)NCc1ccc(OC(C)(C)C)cc1C(F)(F)F. The third-order valence-electron chi connectivity index (χ3n) is 3.25. The molecule has 2 amide bonds. The minimum atomic E-state index is -4.60. The van der Waals surface area contributed by atoms with Crippen LogP contribution < -0.4 is 10.1 Å². The number of aliphatic carboxylic acids is 1. The Labute approximate surface area is 149 Å². The lowest BCUT2D eigenvalue weighted by molar-refractivity contribution is -0.139. The van der Waals surface area contributed by atoms with Crippen LogP contribution in [0, 0.1) is 0 Å². The van der Waals surface area contributed by atoms with Gasteiger partial charge < -0.3 is 20.1 Å². The number of alkyl halides is 3. The van der Waals surface area contributed by atoms with Crippen LogP contribution in [0.2, 0.25) is 0 Å². The molecular weight excluding hydrogens is 353 g/mol. The van der Waals surface area contributed by atoms with Gasteiger partial charge in [0.25, 0.3) is 0 Å². The first kappa shape index (κ1) is 21.6. The van der Waals surface area contributed by atoms with Crippen LogP contribution in [0.4, 0.5) is 18.0 Å². The third-order valence-corrected chi connectivity index (χ3v) is 3.25. The molecule has 0 fully saturated rings. The van der Waals surface area contributed by atoms with Gasteiger partial charge in [-0.15, -0.1) is 0 Å². The molecule has 146 valence electrons. The standard InChI is InChI=1S/C17H23F3N2O4/c1-16(2,3)26-12-6-5-11(13(9-12)17(18,19)20)10-21-15(25)22(4)8-7-14(23)24/h5-6,9H,7-8,10H2,1-4H3,(H,21,25)(H,23,24). The molecule has 2 N–H and O–H groups in total. The molecule has 0 aromatic heterocycles. The summed E-state index contributed by atoms with van der Waals surface area (Å²) in [6, 6.07) is 2.91. The zero-order valence-electron chi connectivity index (χ0n) is 15.1. The Kier molecular flexibility index (Phi) is 6.88. The van der Waals surface area contributed by atoms with Crippen LogP contribution in [-0.2, 0) is 17.5 Å². The maximum Gasteiger partial charge on any atom is 0.416 e. The van der Waals surface area contributed by atoms with Crippen LogP contribution in [0.5, 0.6) is 5.75 Å². The molecule has 6 nitrogen and oxygen atoms in total. The molecule has 0 saturated heterocycles. The van der Waals surface area contributed by atoms with E-state index < -0.39 is 29.3 Å². The minimum Gasteiger partial charge on any atom is -0.488 e. The van der Waals surface area contributed by atoms with E-state index in [1.807, 2.05) is 0 Å². The molecule has 0 saturated carbocycles. The lowest BCUT2D eigenvalue weighted by Crippen LogP contribution is -2.38. The van der Waals surface area contributed by atoms with Crippen LogP contribution >= 0.6 is 0 Å². The van der Waals surface area contributed by atoms with Crippen molar-refractivity contribution in [1.29, 1.82) is 0 Å². The number of carbonyl (C=O) groups excluding carboxylic acids is 1. The molecule has 0 aliphatic carbocycles. The van der Waals surface area contributed by atoms with Crippen molar-refractivity contribution in [3.8, 4) is 5.75 Å². The summed E-state index contributed by atoms with van der Waals surface area (Å²) in [6.45, 7) is 4.77. The molecule has 0 bridgehead atoms. The predicted octanol–water partition coefficient (Wildman–Crippen LogP) is 3.50. The number of hydrogen-bond acceptors (Lipinski definition) is 3. The summed E-state index contributed by atoms with van der Waals surface area (Å²) >= 11 is 0. The van der Waals surface area contributed by atoms with E-state index in [4.69, 9.17) is 9.84 Å². The Balaban J connectivity index is 2.88. The van der Waals surface area contributed by atoms with Gasteiger partial charge in [-0.2, -0.15) is 13.2 Å². The summed E-state index contributed by atoms with van der Waals surface area (Å²) in [4.78, 5) is 23.5. The van der Waals surface area contributed by atoms with E-state index in [0.29, 0.717) is 0 Å². The molecule has 0 atom stereocenters. The number of nitrogens with one attached hydrogen (secondary N) is 1. The second kappa shape index (κ2) is 8.29. The van der Waals surface area contributed by atoms with E-state index in [1.54, 1.807) is 20.8 Å². The second-order valence-electron chi connectivity index (χ2n) is 6.76. The van der Waals surface area contributed by atoms with Gasteiger partial charge in [-0.05, 0) is 38.5 Å². The number of carboxylic acid groups (broad SMARTS) is 1. The molecule has 1 aromatic rings. The van der Waals surface area contributed by atoms with Crippen LogP contribution in [-0.4, -0.2) is 41.2 Å². The summed E-state index contributed by atoms with van der Waals surface area (Å²) in [5, 5.41) is 10.9. The second-order valence-corrected chi connectivity index (χ2v) is 6.76. The fourth-order valence-electron chi connectivity index (χ4n) is 2.06. The smallest absolute Gasteiger partial charge is 0.416 e. The van der Waals surface area contributed by atoms with Gasteiger partial charge >= 0.3 is 18.2 Å². The highest BCUT2D eigenvalue weighted by molar-refractivity contribution is 5.75. The summed E-state index contributed by atoms with van der Waals surface area (Å²) in [5.41, 5.74) is -1.66. The molecule has 1 aromatic carbocycles. The zero-order chi connectivity index (χ0) is 20.1. The number of carbonyl (C=O) groups is 2. The molecule has 0 aliphatic rings. The Morgan fingerprint density at radius 2 is 1.85 bits per heavy atom. The summed E-state index contributed by atoms with van der Waals surface area (Å²) in [6.07, 6.45) is -4.86. The third kappa shape index (κ3) is 7.20. The molecule has 0 spiro atoms. The van der Waals surface area contributed by atoms with Crippen molar-refractivity contribution in [2.24, 2.45) is 0 Å². The first-order valence-electron chi connectivity index (χ1n) is 7.89. The van der Waals surface area contributed by atoms with Crippen LogP contribution in [0.1, 0.15) is 38.3 Å². The molecular formula is C17H23F3N2O4. The molecule has 0 aliphatic heterocycles. The highest BCUT2D eigenvalue weighted by atomic mass is 19.4. The monoisotopic (exact) mass is 376 g/mol. The van der Waals surface area contributed by atoms with E-state index in [1.165, 1.54) is 19.2 Å². The summed E-state index contributed by atoms with van der Waals surface area (Å²) < 4.78 is 45.4. The van der Waals surface area contributed by atoms with Gasteiger partial charge in [-0.3, -0.25) is 4.79 Å². The average Bonchev–Trinajstić information content (AvgIpc) is 2.48. The quantitative estimate of drug-likeness (QED) is 0.797. The lowest BCUT2D eigenvalue weighted by Gasteiger charge is -2.23. The maximum atomic E-state index is 13.3. The zero-order valence-corrected chi connectivity index (χ0v) is 15.1. The van der Waals surface area contributed by atoms with Gasteiger partial charge in [0.15, 0.2) is 0 Å². The van der Waals surface area contributed by atoms with Crippen molar-refractivity contribution < 1.29 is 32.6 Å². The van der Waals surface area contributed by atoms with Crippen LogP contribution in [0.3, 0.4) is 0 Å². The van der Waals surface area contributed by atoms with Crippen molar-refractivity contribution in [2.45, 2.75) is 45.5 Å². The highest BCUT2D eigenvalue weighted by Gasteiger charge is 2.34. The topological polar surface area (TPSA) is 78.9 Å². The van der Waals surface area contributed by atoms with Gasteiger partial charge in [-0.25, -0.2) is 4.79 Å². The number of carboxylic acids is 1. The number of nitrogens with zero attached hydrogens (tertiary/aromatic N) is 1. The molecule has 0 heterocycles. The summed E-state index contributed by atoms with van der Waals surface area (Å²) in [7, 11) is 1.36. The first-order valence-corrected chi connectivity index (χ1v) is 7.89. The number of ether oxygens (including phenoxy) is 1. The van der Waals surface area contributed by atoms with Crippen molar-refractivity contribution in [3.63, 3.8) is 0 Å². The number of urea groups is 1. The van der Waals surface area contributed by atoms with E-state index >= 15 is 0 Å². The fourth-order valence-corrected chi connectivity index (χ4v) is 2.06. The number of rotatable bonds is 6. The number of amides is 2. The normalized spacial score (nSPS) is 11.8. The van der Waals surface area contributed by atoms with Gasteiger partial charge in [0.1, 0.15) is 11.4 Å². The number of halogens is 3. The molecule has 0 radical (unpaired) electrons. The van der Waals surface area contributed by atoms with Crippen molar-refractivity contribution in [1.82, 2.24) is 10.2 Å². The fraction of sp³-hybridized carbons (Fsp3) is 0.529. The number of hydrogen-bond donors (Lipinski definition) is 2. The van der Waals surface area contributed by atoms with Gasteiger partial charge in [0.05, 0.1) is 12.0 Å². The lowest BCUT2D eigenvalue weighted by atomic mass is 10.1. The molecule has 26 heavy (non-hydrogen) atoms. The maximum absolute atomic E-state index is 13.3. The first-order chi connectivity index (χ1) is 11.8. The molecule has 0 unspecified atom stereocenters. The predicted molar refractivity (Wildman–Crippen MR) is 88.9 cm³/mol. The van der Waals surface area contributed by atoms with Crippen LogP contribution in [0.15, 0.2) is 18.2 Å². The summed E-state index contributed by atoms with van der Waals surface area (Å²) in [5.74, 6) is -0.989. The van der Waals surface area contributed by atoms with Crippen molar-refractivity contribution in [2.75, 3.05) is 13.6 Å². The Bertz CT molecular complexity index is 654. The van der Waals surface area contributed by atoms with E-state index in [-0.39, 0.29) is 30.8 Å². The largest absolute Gasteiger partial charge is 0.488 e. The minimum absolute atomic E-state index is 0.0499. The highest BCUT2D eigenvalue weighted by Crippen LogP contribution is 2.35. The van der Waals surface area contributed by atoms with Gasteiger partial charge in [-0.1, -0.05) is 6.07 Å². The van der Waals surface area contributed by atoms with E-state index in [9.17, 15) is 22.8 Å². The van der Waals surface area contributed by atoms with E-state index in [2.05, 4.69) is 5.32 Å². The molecule has 1 rings (SSSR count).